The van der Waals surface area contributed by atoms with E-state index in [9.17, 15) is 9.59 Å². The van der Waals surface area contributed by atoms with E-state index in [1.807, 2.05) is 13.8 Å². The van der Waals surface area contributed by atoms with Crippen LogP contribution in [0.4, 0.5) is 0 Å². The smallest absolute Gasteiger partial charge is 0.305 e. The zero-order valence-corrected chi connectivity index (χ0v) is 10.5. The molecule has 1 aromatic heterocycles. The summed E-state index contributed by atoms with van der Waals surface area (Å²) in [6, 6.07) is -0.342. The highest BCUT2D eigenvalue weighted by atomic mass is 16.4. The standard InChI is InChI=1S/C11H18N4O3/c1-8(2)9(7-11(17)18)13-10(16)3-5-15-6-4-12-14-15/h4,6,8-9H,3,5,7H2,1-2H3,(H,13,16)(H,17,18). The largest absolute Gasteiger partial charge is 0.481 e. The first kappa shape index (κ1) is 14.1. The third kappa shape index (κ3) is 4.94. The van der Waals surface area contributed by atoms with Crippen LogP contribution in [0.1, 0.15) is 26.7 Å². The van der Waals surface area contributed by atoms with Gasteiger partial charge in [0.15, 0.2) is 0 Å². The first-order chi connectivity index (χ1) is 8.49. The Kier molecular flexibility index (Phi) is 5.29. The number of aromatic nitrogens is 3. The van der Waals surface area contributed by atoms with Gasteiger partial charge in [-0.1, -0.05) is 19.1 Å². The molecule has 2 N–H and O–H groups in total. The summed E-state index contributed by atoms with van der Waals surface area (Å²) in [5, 5.41) is 18.9. The van der Waals surface area contributed by atoms with Crippen molar-refractivity contribution in [2.24, 2.45) is 5.92 Å². The number of carbonyl (C=O) groups excluding carboxylic acids is 1. The summed E-state index contributed by atoms with van der Waals surface area (Å²) in [6.45, 7) is 4.19. The number of amides is 1. The lowest BCUT2D eigenvalue weighted by atomic mass is 10.0. The van der Waals surface area contributed by atoms with Gasteiger partial charge in [0.1, 0.15) is 0 Å². The van der Waals surface area contributed by atoms with Gasteiger partial charge in [0.25, 0.3) is 0 Å². The lowest BCUT2D eigenvalue weighted by Crippen LogP contribution is -2.40. The predicted molar refractivity (Wildman–Crippen MR) is 63.7 cm³/mol. The van der Waals surface area contributed by atoms with Gasteiger partial charge in [0, 0.05) is 18.7 Å². The first-order valence-electron chi connectivity index (χ1n) is 5.84. The van der Waals surface area contributed by atoms with Crippen LogP contribution in [0, 0.1) is 5.92 Å². The average Bonchev–Trinajstić information content (AvgIpc) is 2.77. The molecule has 0 aliphatic carbocycles. The van der Waals surface area contributed by atoms with Crippen molar-refractivity contribution in [3.63, 3.8) is 0 Å². The zero-order chi connectivity index (χ0) is 13.5. The van der Waals surface area contributed by atoms with Gasteiger partial charge in [-0.2, -0.15) is 0 Å². The molecular weight excluding hydrogens is 236 g/mol. The lowest BCUT2D eigenvalue weighted by Gasteiger charge is -2.20. The van der Waals surface area contributed by atoms with Crippen LogP contribution in [0.15, 0.2) is 12.4 Å². The summed E-state index contributed by atoms with van der Waals surface area (Å²) < 4.78 is 1.56. The minimum absolute atomic E-state index is 0.0628. The molecule has 0 aliphatic rings. The van der Waals surface area contributed by atoms with E-state index in [2.05, 4.69) is 15.6 Å². The highest BCUT2D eigenvalue weighted by molar-refractivity contribution is 5.77. The van der Waals surface area contributed by atoms with Gasteiger partial charge in [0.05, 0.1) is 19.2 Å². The van der Waals surface area contributed by atoms with Crippen molar-refractivity contribution >= 4 is 11.9 Å². The Bertz CT molecular complexity index is 389. The van der Waals surface area contributed by atoms with Crippen LogP contribution in [-0.2, 0) is 16.1 Å². The fraction of sp³-hybridized carbons (Fsp3) is 0.636. The molecule has 0 spiro atoms. The van der Waals surface area contributed by atoms with Crippen LogP contribution in [0.3, 0.4) is 0 Å². The number of carboxylic acids is 1. The van der Waals surface area contributed by atoms with Crippen LogP contribution < -0.4 is 5.32 Å². The van der Waals surface area contributed by atoms with Gasteiger partial charge >= 0.3 is 5.97 Å². The number of nitrogens with zero attached hydrogens (tertiary/aromatic N) is 3. The van der Waals surface area contributed by atoms with Crippen molar-refractivity contribution in [2.75, 3.05) is 0 Å². The molecule has 1 atom stereocenters. The number of nitrogens with one attached hydrogen (secondary N) is 1. The normalized spacial score (nSPS) is 12.4. The van der Waals surface area contributed by atoms with E-state index in [0.717, 1.165) is 0 Å². The van der Waals surface area contributed by atoms with E-state index in [1.165, 1.54) is 0 Å². The summed E-state index contributed by atoms with van der Waals surface area (Å²) >= 11 is 0. The number of hydrogen-bond donors (Lipinski definition) is 2. The average molecular weight is 254 g/mol. The fourth-order valence-corrected chi connectivity index (χ4v) is 1.49. The molecule has 1 rings (SSSR count). The Morgan fingerprint density at radius 3 is 2.67 bits per heavy atom. The zero-order valence-electron chi connectivity index (χ0n) is 10.5. The third-order valence-electron chi connectivity index (χ3n) is 2.59. The highest BCUT2D eigenvalue weighted by Gasteiger charge is 2.19. The number of hydrogen-bond acceptors (Lipinski definition) is 4. The summed E-state index contributed by atoms with van der Waals surface area (Å²) in [5.74, 6) is -1.01. The molecule has 0 saturated carbocycles. The van der Waals surface area contributed by atoms with Gasteiger partial charge in [-0.15, -0.1) is 5.10 Å². The Hall–Kier alpha value is -1.92. The van der Waals surface area contributed by atoms with E-state index >= 15 is 0 Å². The van der Waals surface area contributed by atoms with E-state index in [4.69, 9.17) is 5.11 Å². The molecule has 1 heterocycles. The van der Waals surface area contributed by atoms with Crippen LogP contribution in [0.5, 0.6) is 0 Å². The van der Waals surface area contributed by atoms with Crippen molar-refractivity contribution in [3.05, 3.63) is 12.4 Å². The van der Waals surface area contributed by atoms with Gasteiger partial charge in [-0.3, -0.25) is 14.3 Å². The maximum absolute atomic E-state index is 11.7. The van der Waals surface area contributed by atoms with Crippen LogP contribution in [0.2, 0.25) is 0 Å². The number of aliphatic carboxylic acids is 1. The van der Waals surface area contributed by atoms with Crippen molar-refractivity contribution in [1.82, 2.24) is 20.3 Å². The van der Waals surface area contributed by atoms with Crippen LogP contribution >= 0.6 is 0 Å². The fourth-order valence-electron chi connectivity index (χ4n) is 1.49. The molecule has 0 saturated heterocycles. The molecule has 100 valence electrons. The predicted octanol–water partition coefficient (Wildman–Crippen LogP) is 0.284. The molecule has 7 heteroatoms. The molecule has 1 unspecified atom stereocenters. The summed E-state index contributed by atoms with van der Waals surface area (Å²) in [6.07, 6.45) is 3.41. The lowest BCUT2D eigenvalue weighted by molar-refractivity contribution is -0.138. The second kappa shape index (κ2) is 6.73. The molecule has 1 aromatic rings. The van der Waals surface area contributed by atoms with Crippen LogP contribution in [0.25, 0.3) is 0 Å². The number of rotatable bonds is 7. The second-order valence-electron chi connectivity index (χ2n) is 4.43. The number of carbonyl (C=O) groups is 2. The molecule has 1 amide bonds. The Labute approximate surface area is 105 Å². The molecule has 0 bridgehead atoms. The van der Waals surface area contributed by atoms with E-state index in [-0.39, 0.29) is 30.7 Å². The second-order valence-corrected chi connectivity index (χ2v) is 4.43. The monoisotopic (exact) mass is 254 g/mol. The summed E-state index contributed by atoms with van der Waals surface area (Å²) in [4.78, 5) is 22.3. The van der Waals surface area contributed by atoms with Crippen LogP contribution in [-0.4, -0.2) is 38.0 Å². The third-order valence-corrected chi connectivity index (χ3v) is 2.59. The van der Waals surface area contributed by atoms with Gasteiger partial charge in [0.2, 0.25) is 5.91 Å². The molecule has 18 heavy (non-hydrogen) atoms. The van der Waals surface area contributed by atoms with E-state index in [1.54, 1.807) is 17.1 Å². The molecule has 7 nitrogen and oxygen atoms in total. The molecule has 0 aromatic carbocycles. The Balaban J connectivity index is 2.38. The van der Waals surface area contributed by atoms with Gasteiger partial charge in [-0.05, 0) is 5.92 Å². The Morgan fingerprint density at radius 1 is 1.44 bits per heavy atom. The first-order valence-corrected chi connectivity index (χ1v) is 5.84. The van der Waals surface area contributed by atoms with Gasteiger partial charge < -0.3 is 10.4 Å². The topological polar surface area (TPSA) is 97.1 Å². The molecular formula is C11H18N4O3. The molecule has 0 radical (unpaired) electrons. The van der Waals surface area contributed by atoms with Gasteiger partial charge in [-0.25, -0.2) is 0 Å². The van der Waals surface area contributed by atoms with Crippen molar-refractivity contribution in [3.8, 4) is 0 Å². The quantitative estimate of drug-likeness (QED) is 0.728. The molecule has 0 aliphatic heterocycles. The molecule has 0 fully saturated rings. The van der Waals surface area contributed by atoms with E-state index in [0.29, 0.717) is 6.54 Å². The highest BCUT2D eigenvalue weighted by Crippen LogP contribution is 2.06. The van der Waals surface area contributed by atoms with Crippen molar-refractivity contribution in [1.29, 1.82) is 0 Å². The Morgan fingerprint density at radius 2 is 2.17 bits per heavy atom. The van der Waals surface area contributed by atoms with Crippen molar-refractivity contribution < 1.29 is 14.7 Å². The SMILES string of the molecule is CC(C)C(CC(=O)O)NC(=O)CCn1ccnn1. The van der Waals surface area contributed by atoms with Crippen molar-refractivity contribution in [2.45, 2.75) is 39.3 Å². The minimum atomic E-state index is -0.912. The number of carboxylic acid groups (broad SMARTS) is 1. The summed E-state index contributed by atoms with van der Waals surface area (Å²) in [5.41, 5.74) is 0. The summed E-state index contributed by atoms with van der Waals surface area (Å²) in [7, 11) is 0. The maximum atomic E-state index is 11.7. The van der Waals surface area contributed by atoms with E-state index < -0.39 is 5.97 Å². The minimum Gasteiger partial charge on any atom is -0.481 e. The maximum Gasteiger partial charge on any atom is 0.305 e. The number of aryl methyl sites for hydroxylation is 1.